The van der Waals surface area contributed by atoms with Crippen molar-refractivity contribution in [1.29, 1.82) is 0 Å². The summed E-state index contributed by atoms with van der Waals surface area (Å²) in [6, 6.07) is 8.08. The fourth-order valence-corrected chi connectivity index (χ4v) is 3.75. The van der Waals surface area contributed by atoms with Crippen molar-refractivity contribution in [2.24, 2.45) is 0 Å². The highest BCUT2D eigenvalue weighted by Crippen LogP contribution is 2.40. The van der Waals surface area contributed by atoms with E-state index in [2.05, 4.69) is 26.9 Å². The average Bonchev–Trinajstić information content (AvgIpc) is 3.20. The first kappa shape index (κ1) is 24.2. The smallest absolute Gasteiger partial charge is 0.319 e. The number of phenolic OH excluding ortho intramolecular Hbond substituents is 2. The van der Waals surface area contributed by atoms with E-state index in [1.54, 1.807) is 0 Å². The van der Waals surface area contributed by atoms with Crippen LogP contribution >= 0.6 is 11.8 Å². The van der Waals surface area contributed by atoms with E-state index >= 15 is 0 Å². The summed E-state index contributed by atoms with van der Waals surface area (Å²) in [4.78, 5) is 12.5. The number of nitrogens with one attached hydrogen (secondary N) is 2. The van der Waals surface area contributed by atoms with E-state index in [-0.39, 0.29) is 22.4 Å². The molecule has 0 bridgehead atoms. The minimum Gasteiger partial charge on any atom is -0.507 e. The molecular formula is C23H28N4O5S. The Balaban J connectivity index is 1.46. The number of ether oxygens (including phenoxy) is 1. The van der Waals surface area contributed by atoms with E-state index in [0.717, 1.165) is 29.5 Å². The van der Waals surface area contributed by atoms with Gasteiger partial charge >= 0.3 is 6.03 Å². The van der Waals surface area contributed by atoms with E-state index in [9.17, 15) is 15.0 Å². The third-order valence-electron chi connectivity index (χ3n) is 4.63. The number of rotatable bonds is 10. The Bertz CT molecular complexity index is 1100. The van der Waals surface area contributed by atoms with Crippen LogP contribution < -0.4 is 15.4 Å². The van der Waals surface area contributed by atoms with Crippen LogP contribution in [0.2, 0.25) is 0 Å². The molecule has 10 heteroatoms. The Morgan fingerprint density at radius 1 is 1.15 bits per heavy atom. The van der Waals surface area contributed by atoms with E-state index in [1.165, 1.54) is 17.7 Å². The Morgan fingerprint density at radius 2 is 1.97 bits per heavy atom. The predicted octanol–water partition coefficient (Wildman–Crippen LogP) is 4.79. The van der Waals surface area contributed by atoms with Gasteiger partial charge in [0.05, 0.1) is 17.2 Å². The van der Waals surface area contributed by atoms with Crippen LogP contribution in [-0.2, 0) is 6.42 Å². The maximum absolute atomic E-state index is 12.1. The van der Waals surface area contributed by atoms with Gasteiger partial charge in [-0.25, -0.2) is 4.79 Å². The van der Waals surface area contributed by atoms with Gasteiger partial charge in [-0.15, -0.1) is 10.2 Å². The molecule has 0 radical (unpaired) electrons. The summed E-state index contributed by atoms with van der Waals surface area (Å²) in [5, 5.41) is 33.9. The molecular weight excluding hydrogens is 444 g/mol. The summed E-state index contributed by atoms with van der Waals surface area (Å²) in [7, 11) is 0. The maximum Gasteiger partial charge on any atom is 0.319 e. The number of aromatic nitrogens is 2. The topological polar surface area (TPSA) is 130 Å². The van der Waals surface area contributed by atoms with E-state index < -0.39 is 6.03 Å². The Kier molecular flexibility index (Phi) is 8.42. The Morgan fingerprint density at radius 3 is 2.73 bits per heavy atom. The zero-order valence-corrected chi connectivity index (χ0v) is 19.7. The molecule has 0 aliphatic carbocycles. The van der Waals surface area contributed by atoms with Gasteiger partial charge in [-0.05, 0) is 56.1 Å². The molecule has 3 rings (SSSR count). The number of aromatic hydroxyl groups is 2. The van der Waals surface area contributed by atoms with Crippen molar-refractivity contribution < 1.29 is 24.2 Å². The molecule has 2 amide bonds. The second kappa shape index (κ2) is 11.5. The van der Waals surface area contributed by atoms with Crippen LogP contribution in [0.25, 0.3) is 0 Å². The molecule has 0 atom stereocenters. The minimum atomic E-state index is -0.502. The molecule has 0 aliphatic heterocycles. The first-order valence-corrected chi connectivity index (χ1v) is 11.5. The van der Waals surface area contributed by atoms with Crippen molar-refractivity contribution in [1.82, 2.24) is 15.5 Å². The van der Waals surface area contributed by atoms with Gasteiger partial charge in [-0.2, -0.15) is 0 Å². The SMILES string of the molecule is CCCc1nnc(Sc2cc(O)c(NC(=O)NCCCOc3ccc(C)cc3C)cc2O)o1. The average molecular weight is 473 g/mol. The van der Waals surface area contributed by atoms with Gasteiger partial charge in [0.2, 0.25) is 5.89 Å². The molecule has 1 heterocycles. The van der Waals surface area contributed by atoms with Crippen LogP contribution in [0.4, 0.5) is 10.5 Å². The molecule has 0 fully saturated rings. The quantitative estimate of drug-likeness (QED) is 0.188. The summed E-state index contributed by atoms with van der Waals surface area (Å²) >= 11 is 1.03. The van der Waals surface area contributed by atoms with Gasteiger partial charge in [0.15, 0.2) is 0 Å². The molecule has 4 N–H and O–H groups in total. The summed E-state index contributed by atoms with van der Waals surface area (Å²) in [5.74, 6) is 1.01. The Hall–Kier alpha value is -3.40. The molecule has 3 aromatic rings. The van der Waals surface area contributed by atoms with Crippen molar-refractivity contribution in [3.05, 3.63) is 47.3 Å². The van der Waals surface area contributed by atoms with Crippen molar-refractivity contribution in [3.8, 4) is 17.2 Å². The van der Waals surface area contributed by atoms with E-state index in [0.29, 0.717) is 36.8 Å². The van der Waals surface area contributed by atoms with Crippen LogP contribution in [0.15, 0.2) is 44.9 Å². The number of nitrogens with zero attached hydrogens (tertiary/aromatic N) is 2. The summed E-state index contributed by atoms with van der Waals surface area (Å²) in [6.45, 7) is 6.86. The van der Waals surface area contributed by atoms with Crippen molar-refractivity contribution >= 4 is 23.5 Å². The number of amides is 2. The molecule has 2 aromatic carbocycles. The van der Waals surface area contributed by atoms with Gasteiger partial charge in [-0.3, -0.25) is 0 Å². The molecule has 1 aromatic heterocycles. The highest BCUT2D eigenvalue weighted by molar-refractivity contribution is 7.99. The normalized spacial score (nSPS) is 10.8. The van der Waals surface area contributed by atoms with Gasteiger partial charge in [-0.1, -0.05) is 24.6 Å². The number of hydrogen-bond donors (Lipinski definition) is 4. The largest absolute Gasteiger partial charge is 0.507 e. The third-order valence-corrected chi connectivity index (χ3v) is 5.52. The molecule has 0 unspecified atom stereocenters. The summed E-state index contributed by atoms with van der Waals surface area (Å²) in [6.07, 6.45) is 2.15. The first-order valence-electron chi connectivity index (χ1n) is 10.7. The second-order valence-corrected chi connectivity index (χ2v) is 8.50. The number of carbonyl (C=O) groups excluding carboxylic acids is 1. The zero-order chi connectivity index (χ0) is 23.8. The van der Waals surface area contributed by atoms with Gasteiger partial charge < -0.3 is 30.0 Å². The number of carbonyl (C=O) groups is 1. The second-order valence-electron chi connectivity index (χ2n) is 7.50. The number of benzene rings is 2. The fourth-order valence-electron chi connectivity index (χ4n) is 3.01. The molecule has 176 valence electrons. The van der Waals surface area contributed by atoms with Gasteiger partial charge in [0.25, 0.3) is 5.22 Å². The van der Waals surface area contributed by atoms with Gasteiger partial charge in [0, 0.05) is 19.0 Å². The fraction of sp³-hybridized carbons (Fsp3) is 0.348. The molecule has 0 spiro atoms. The van der Waals surface area contributed by atoms with Crippen LogP contribution in [0.3, 0.4) is 0 Å². The number of hydrogen-bond acceptors (Lipinski definition) is 8. The lowest BCUT2D eigenvalue weighted by atomic mass is 10.1. The van der Waals surface area contributed by atoms with Crippen LogP contribution in [-0.4, -0.2) is 39.6 Å². The molecule has 9 nitrogen and oxygen atoms in total. The number of phenols is 2. The monoisotopic (exact) mass is 472 g/mol. The van der Waals surface area contributed by atoms with E-state index in [4.69, 9.17) is 9.15 Å². The summed E-state index contributed by atoms with van der Waals surface area (Å²) in [5.41, 5.74) is 2.33. The summed E-state index contributed by atoms with van der Waals surface area (Å²) < 4.78 is 11.2. The highest BCUT2D eigenvalue weighted by Gasteiger charge is 2.15. The Labute approximate surface area is 196 Å². The minimum absolute atomic E-state index is 0.0816. The number of anilines is 1. The molecule has 0 aliphatic rings. The van der Waals surface area contributed by atoms with Crippen molar-refractivity contribution in [3.63, 3.8) is 0 Å². The third kappa shape index (κ3) is 7.04. The zero-order valence-electron chi connectivity index (χ0n) is 18.8. The molecule has 0 saturated carbocycles. The van der Waals surface area contributed by atoms with Crippen molar-refractivity contribution in [2.45, 2.75) is 50.2 Å². The van der Waals surface area contributed by atoms with Crippen LogP contribution in [0.5, 0.6) is 17.2 Å². The van der Waals surface area contributed by atoms with Gasteiger partial charge in [0.1, 0.15) is 17.2 Å². The van der Waals surface area contributed by atoms with E-state index in [1.807, 2.05) is 32.9 Å². The lowest BCUT2D eigenvalue weighted by Gasteiger charge is -2.12. The number of aryl methyl sites for hydroxylation is 3. The van der Waals surface area contributed by atoms with Crippen LogP contribution in [0, 0.1) is 13.8 Å². The lowest BCUT2D eigenvalue weighted by Crippen LogP contribution is -2.30. The molecule has 33 heavy (non-hydrogen) atoms. The number of urea groups is 1. The first-order chi connectivity index (χ1) is 15.9. The van der Waals surface area contributed by atoms with Crippen LogP contribution in [0.1, 0.15) is 36.8 Å². The highest BCUT2D eigenvalue weighted by atomic mass is 32.2. The maximum atomic E-state index is 12.1. The van der Waals surface area contributed by atoms with Crippen molar-refractivity contribution in [2.75, 3.05) is 18.5 Å². The lowest BCUT2D eigenvalue weighted by molar-refractivity contribution is 0.250. The standard InChI is InChI=1S/C23H28N4O5S/c1-4-6-21-26-27-23(32-21)33-20-13-17(28)16(12-18(20)29)25-22(30)24-9-5-10-31-19-8-7-14(2)11-15(19)3/h7-8,11-13,28-29H,4-6,9-10H2,1-3H3,(H2,24,25,30). The molecule has 0 saturated heterocycles. The predicted molar refractivity (Wildman–Crippen MR) is 125 cm³/mol.